The van der Waals surface area contributed by atoms with Crippen molar-refractivity contribution < 1.29 is 32.0 Å². The molecular weight excluding hydrogens is 226 g/mol. The van der Waals surface area contributed by atoms with Gasteiger partial charge in [0.05, 0.1) is 13.0 Å². The van der Waals surface area contributed by atoms with Crippen LogP contribution in [0.1, 0.15) is 6.42 Å². The molecule has 3 N–H and O–H groups in total. The number of nitrogens with one attached hydrogen (secondary N) is 1. The lowest BCUT2D eigenvalue weighted by atomic mass is 10.4. The molecule has 86 valence electrons. The SMILES string of the molecule is O=P(O)(O)OCCNCCC(F)(F)F. The van der Waals surface area contributed by atoms with Gasteiger partial charge in [-0.15, -0.1) is 0 Å². The van der Waals surface area contributed by atoms with E-state index in [1.54, 1.807) is 0 Å². The maximum atomic E-state index is 11.6. The van der Waals surface area contributed by atoms with Gasteiger partial charge in [0.2, 0.25) is 0 Å². The lowest BCUT2D eigenvalue weighted by molar-refractivity contribution is -0.133. The number of phosphoric ester groups is 1. The fraction of sp³-hybridized carbons (Fsp3) is 1.00. The standard InChI is InChI=1S/C5H11F3NO4P/c6-5(7,8)1-2-9-3-4-13-14(10,11)12/h9H,1-4H2,(H2,10,11,12). The molecule has 0 aromatic rings. The van der Waals surface area contributed by atoms with Crippen LogP contribution in [0, 0.1) is 0 Å². The summed E-state index contributed by atoms with van der Waals surface area (Å²) in [7, 11) is -4.51. The summed E-state index contributed by atoms with van der Waals surface area (Å²) in [6, 6.07) is 0. The van der Waals surface area contributed by atoms with Crippen LogP contribution < -0.4 is 5.32 Å². The third-order valence-electron chi connectivity index (χ3n) is 1.12. The highest BCUT2D eigenvalue weighted by Gasteiger charge is 2.25. The van der Waals surface area contributed by atoms with Gasteiger partial charge >= 0.3 is 14.0 Å². The van der Waals surface area contributed by atoms with Gasteiger partial charge in [0, 0.05) is 13.1 Å². The largest absolute Gasteiger partial charge is 0.469 e. The Morgan fingerprint density at radius 3 is 2.29 bits per heavy atom. The third kappa shape index (κ3) is 11.9. The van der Waals surface area contributed by atoms with Crippen LogP contribution in [0.15, 0.2) is 0 Å². The van der Waals surface area contributed by atoms with Gasteiger partial charge in [-0.2, -0.15) is 13.2 Å². The minimum absolute atomic E-state index is 0.0405. The normalized spacial score (nSPS) is 13.2. The number of rotatable bonds is 6. The van der Waals surface area contributed by atoms with Crippen molar-refractivity contribution in [2.75, 3.05) is 19.7 Å². The van der Waals surface area contributed by atoms with Gasteiger partial charge in [-0.1, -0.05) is 0 Å². The summed E-state index contributed by atoms with van der Waals surface area (Å²) in [6.07, 6.45) is -5.21. The molecule has 14 heavy (non-hydrogen) atoms. The van der Waals surface area contributed by atoms with Gasteiger partial charge in [0.15, 0.2) is 0 Å². The van der Waals surface area contributed by atoms with Gasteiger partial charge in [0.25, 0.3) is 0 Å². The molecular formula is C5H11F3NO4P. The predicted octanol–water partition coefficient (Wildman–Crippen LogP) is 0.638. The van der Waals surface area contributed by atoms with Gasteiger partial charge in [-0.3, -0.25) is 4.52 Å². The second kappa shape index (κ2) is 5.67. The minimum atomic E-state index is -4.51. The first-order valence-electron chi connectivity index (χ1n) is 3.68. The summed E-state index contributed by atoms with van der Waals surface area (Å²) < 4.78 is 48.7. The Balaban J connectivity index is 3.28. The van der Waals surface area contributed by atoms with E-state index in [0.717, 1.165) is 0 Å². The molecule has 0 aliphatic heterocycles. The van der Waals surface area contributed by atoms with Crippen LogP contribution in [-0.2, 0) is 9.09 Å². The van der Waals surface area contributed by atoms with Crippen molar-refractivity contribution in [1.29, 1.82) is 0 Å². The molecule has 0 rings (SSSR count). The molecule has 0 unspecified atom stereocenters. The second-order valence-electron chi connectivity index (χ2n) is 2.44. The quantitative estimate of drug-likeness (QED) is 0.466. The number of hydrogen-bond acceptors (Lipinski definition) is 3. The van der Waals surface area contributed by atoms with E-state index in [-0.39, 0.29) is 19.7 Å². The Kier molecular flexibility index (Phi) is 5.61. The monoisotopic (exact) mass is 237 g/mol. The maximum absolute atomic E-state index is 11.6. The summed E-state index contributed by atoms with van der Waals surface area (Å²) in [4.78, 5) is 16.4. The zero-order chi connectivity index (χ0) is 11.2. The van der Waals surface area contributed by atoms with Gasteiger partial charge < -0.3 is 15.1 Å². The van der Waals surface area contributed by atoms with Crippen molar-refractivity contribution in [3.05, 3.63) is 0 Å². The third-order valence-corrected chi connectivity index (χ3v) is 1.64. The second-order valence-corrected chi connectivity index (χ2v) is 3.68. The minimum Gasteiger partial charge on any atom is -0.314 e. The zero-order valence-electron chi connectivity index (χ0n) is 7.12. The molecule has 0 bridgehead atoms. The molecule has 0 spiro atoms. The van der Waals surface area contributed by atoms with Crippen LogP contribution in [0.4, 0.5) is 13.2 Å². The van der Waals surface area contributed by atoms with Crippen molar-refractivity contribution in [2.24, 2.45) is 0 Å². The Morgan fingerprint density at radius 2 is 1.86 bits per heavy atom. The van der Waals surface area contributed by atoms with Crippen molar-refractivity contribution in [2.45, 2.75) is 12.6 Å². The van der Waals surface area contributed by atoms with Crippen LogP contribution in [0.25, 0.3) is 0 Å². The molecule has 0 radical (unpaired) electrons. The maximum Gasteiger partial charge on any atom is 0.469 e. The highest BCUT2D eigenvalue weighted by atomic mass is 31.2. The van der Waals surface area contributed by atoms with Crippen LogP contribution >= 0.6 is 7.82 Å². The Hall–Kier alpha value is -0.140. The molecule has 0 heterocycles. The van der Waals surface area contributed by atoms with E-state index in [1.807, 2.05) is 0 Å². The van der Waals surface area contributed by atoms with Crippen LogP contribution in [0.5, 0.6) is 0 Å². The van der Waals surface area contributed by atoms with Crippen LogP contribution in [0.2, 0.25) is 0 Å². The van der Waals surface area contributed by atoms with Crippen molar-refractivity contribution in [3.8, 4) is 0 Å². The molecule has 0 aromatic carbocycles. The first-order chi connectivity index (χ1) is 6.21. The highest BCUT2D eigenvalue weighted by molar-refractivity contribution is 7.46. The van der Waals surface area contributed by atoms with E-state index in [2.05, 4.69) is 9.84 Å². The molecule has 0 saturated carbocycles. The zero-order valence-corrected chi connectivity index (χ0v) is 8.01. The predicted molar refractivity (Wildman–Crippen MR) is 41.5 cm³/mol. The molecule has 0 aromatic heterocycles. The molecule has 0 aliphatic rings. The van der Waals surface area contributed by atoms with Gasteiger partial charge in [-0.25, -0.2) is 4.57 Å². The van der Waals surface area contributed by atoms with Crippen LogP contribution in [0.3, 0.4) is 0 Å². The first kappa shape index (κ1) is 13.9. The van der Waals surface area contributed by atoms with Crippen molar-refractivity contribution in [1.82, 2.24) is 5.32 Å². The van der Waals surface area contributed by atoms with E-state index in [9.17, 15) is 17.7 Å². The summed E-state index contributed by atoms with van der Waals surface area (Å²) in [6.45, 7) is -0.669. The molecule has 0 fully saturated rings. The van der Waals surface area contributed by atoms with E-state index in [1.165, 1.54) is 0 Å². The summed E-state index contributed by atoms with van der Waals surface area (Å²) in [5, 5.41) is 2.33. The van der Waals surface area contributed by atoms with E-state index in [4.69, 9.17) is 9.79 Å². The fourth-order valence-electron chi connectivity index (χ4n) is 0.592. The average molecular weight is 237 g/mol. The van der Waals surface area contributed by atoms with Gasteiger partial charge in [0.1, 0.15) is 0 Å². The Bertz CT molecular complexity index is 204. The number of halogens is 3. The Morgan fingerprint density at radius 1 is 1.29 bits per heavy atom. The van der Waals surface area contributed by atoms with Crippen LogP contribution in [-0.4, -0.2) is 35.7 Å². The Labute approximate surface area is 78.5 Å². The topological polar surface area (TPSA) is 78.8 Å². The smallest absolute Gasteiger partial charge is 0.314 e. The van der Waals surface area contributed by atoms with E-state index < -0.39 is 20.4 Å². The molecule has 9 heteroatoms. The number of alkyl halides is 3. The molecule has 5 nitrogen and oxygen atoms in total. The lowest BCUT2D eigenvalue weighted by Crippen LogP contribution is -2.24. The van der Waals surface area contributed by atoms with Crippen molar-refractivity contribution >= 4 is 7.82 Å². The molecule has 0 aliphatic carbocycles. The molecule has 0 saturated heterocycles. The van der Waals surface area contributed by atoms with E-state index in [0.29, 0.717) is 0 Å². The van der Waals surface area contributed by atoms with Gasteiger partial charge in [-0.05, 0) is 0 Å². The van der Waals surface area contributed by atoms with Crippen molar-refractivity contribution in [3.63, 3.8) is 0 Å². The fourth-order valence-corrected chi connectivity index (χ4v) is 0.921. The average Bonchev–Trinajstić information content (AvgIpc) is 1.92. The molecule has 0 amide bonds. The summed E-state index contributed by atoms with van der Waals surface area (Å²) in [5.74, 6) is 0. The summed E-state index contributed by atoms with van der Waals surface area (Å²) >= 11 is 0. The summed E-state index contributed by atoms with van der Waals surface area (Å²) in [5.41, 5.74) is 0. The number of hydrogen-bond donors (Lipinski definition) is 3. The number of phosphoric acid groups is 1. The first-order valence-corrected chi connectivity index (χ1v) is 5.21. The highest BCUT2D eigenvalue weighted by Crippen LogP contribution is 2.35. The van der Waals surface area contributed by atoms with E-state index >= 15 is 0 Å². The molecule has 0 atom stereocenters. The lowest BCUT2D eigenvalue weighted by Gasteiger charge is -2.08.